The van der Waals surface area contributed by atoms with Crippen molar-refractivity contribution in [3.05, 3.63) is 70.8 Å². The minimum atomic E-state index is -0.214. The Hall–Kier alpha value is -1.63. The molecule has 1 unspecified atom stereocenters. The zero-order chi connectivity index (χ0) is 20.8. The molecule has 0 radical (unpaired) electrons. The molecular formula is C24H36Cl2N4O. The first kappa shape index (κ1) is 27.4. The molecule has 0 saturated carbocycles. The first-order valence-electron chi connectivity index (χ1n) is 10.6. The maximum absolute atomic E-state index is 12.6. The van der Waals surface area contributed by atoms with Crippen LogP contribution in [-0.4, -0.2) is 55.5 Å². The first-order chi connectivity index (χ1) is 13.9. The van der Waals surface area contributed by atoms with Gasteiger partial charge in [0.25, 0.3) is 5.91 Å². The van der Waals surface area contributed by atoms with Crippen molar-refractivity contribution in [2.75, 3.05) is 39.8 Å². The van der Waals surface area contributed by atoms with E-state index in [0.717, 1.165) is 38.3 Å². The van der Waals surface area contributed by atoms with Gasteiger partial charge in [0.2, 0.25) is 0 Å². The van der Waals surface area contributed by atoms with Crippen LogP contribution in [-0.2, 0) is 6.54 Å². The Kier molecular flexibility index (Phi) is 11.5. The molecule has 1 saturated heterocycles. The normalized spacial score (nSPS) is 15.6. The van der Waals surface area contributed by atoms with Gasteiger partial charge in [-0.2, -0.15) is 0 Å². The highest BCUT2D eigenvalue weighted by Gasteiger charge is 2.15. The fraction of sp³-hybridized carbons (Fsp3) is 0.458. The highest BCUT2D eigenvalue weighted by molar-refractivity contribution is 5.94. The average molecular weight is 467 g/mol. The maximum Gasteiger partial charge on any atom is 0.251 e. The third-order valence-electron chi connectivity index (χ3n) is 5.71. The quantitative estimate of drug-likeness (QED) is 0.650. The van der Waals surface area contributed by atoms with Gasteiger partial charge in [-0.15, -0.1) is 24.8 Å². The van der Waals surface area contributed by atoms with Crippen LogP contribution in [0.3, 0.4) is 0 Å². The number of hydrogen-bond acceptors (Lipinski definition) is 4. The van der Waals surface area contributed by atoms with E-state index in [0.29, 0.717) is 18.0 Å². The zero-order valence-corrected chi connectivity index (χ0v) is 20.3. The van der Waals surface area contributed by atoms with Gasteiger partial charge in [-0.1, -0.05) is 50.2 Å². The number of amides is 1. The Morgan fingerprint density at radius 2 is 1.61 bits per heavy atom. The Bertz CT molecular complexity index is 805. The number of nitrogens with zero attached hydrogens (tertiary/aromatic N) is 2. The van der Waals surface area contributed by atoms with E-state index in [-0.39, 0.29) is 36.8 Å². The molecule has 2 aromatic rings. The maximum atomic E-state index is 12.6. The molecular weight excluding hydrogens is 431 g/mol. The molecule has 2 aromatic carbocycles. The smallest absolute Gasteiger partial charge is 0.251 e. The molecule has 31 heavy (non-hydrogen) atoms. The molecule has 3 N–H and O–H groups in total. The number of hydrogen-bond donors (Lipinski definition) is 2. The lowest BCUT2D eigenvalue weighted by Gasteiger charge is -2.32. The van der Waals surface area contributed by atoms with Crippen LogP contribution in [0.2, 0.25) is 0 Å². The van der Waals surface area contributed by atoms with Crippen LogP contribution in [0.1, 0.15) is 52.9 Å². The lowest BCUT2D eigenvalue weighted by atomic mass is 9.99. The van der Waals surface area contributed by atoms with Crippen molar-refractivity contribution in [3.63, 3.8) is 0 Å². The fourth-order valence-corrected chi connectivity index (χ4v) is 3.63. The highest BCUT2D eigenvalue weighted by Crippen LogP contribution is 2.17. The summed E-state index contributed by atoms with van der Waals surface area (Å²) in [5.74, 6) is 0.428. The molecule has 172 valence electrons. The van der Waals surface area contributed by atoms with Crippen molar-refractivity contribution in [2.24, 2.45) is 5.73 Å². The van der Waals surface area contributed by atoms with E-state index >= 15 is 0 Å². The molecule has 0 spiro atoms. The third kappa shape index (κ3) is 8.09. The number of carbonyl (C=O) groups is 1. The summed E-state index contributed by atoms with van der Waals surface area (Å²) < 4.78 is 0. The van der Waals surface area contributed by atoms with Crippen LogP contribution in [0.25, 0.3) is 0 Å². The van der Waals surface area contributed by atoms with Gasteiger partial charge in [0.15, 0.2) is 0 Å². The summed E-state index contributed by atoms with van der Waals surface area (Å²) in [6.07, 6.45) is 0. The van der Waals surface area contributed by atoms with Gasteiger partial charge in [0, 0.05) is 50.9 Å². The molecule has 1 heterocycles. The first-order valence-corrected chi connectivity index (χ1v) is 10.6. The van der Waals surface area contributed by atoms with Crippen LogP contribution in [0, 0.1) is 0 Å². The van der Waals surface area contributed by atoms with Crippen molar-refractivity contribution in [1.82, 2.24) is 15.1 Å². The van der Waals surface area contributed by atoms with E-state index in [1.807, 2.05) is 18.2 Å². The van der Waals surface area contributed by atoms with Gasteiger partial charge >= 0.3 is 0 Å². The third-order valence-corrected chi connectivity index (χ3v) is 5.71. The number of benzene rings is 2. The number of halogens is 2. The SMILES string of the molecule is CC(C)c1ccc(C(N)CNC(=O)c2cccc(CN3CCN(C)CC3)c2)cc1.Cl.Cl. The second-order valence-corrected chi connectivity index (χ2v) is 8.42. The predicted octanol–water partition coefficient (Wildman–Crippen LogP) is 3.83. The molecule has 5 nitrogen and oxygen atoms in total. The summed E-state index contributed by atoms with van der Waals surface area (Å²) in [5.41, 5.74) is 10.5. The van der Waals surface area contributed by atoms with Gasteiger partial charge < -0.3 is 16.0 Å². The van der Waals surface area contributed by atoms with Gasteiger partial charge in [0.1, 0.15) is 0 Å². The van der Waals surface area contributed by atoms with E-state index < -0.39 is 0 Å². The van der Waals surface area contributed by atoms with Gasteiger partial charge in [-0.3, -0.25) is 9.69 Å². The molecule has 1 fully saturated rings. The number of piperazine rings is 1. The Morgan fingerprint density at radius 3 is 2.23 bits per heavy atom. The number of nitrogens with one attached hydrogen (secondary N) is 1. The standard InChI is InChI=1S/C24H34N4O.2ClH/c1-18(2)20-7-9-21(10-8-20)23(25)16-26-24(29)22-6-4-5-19(15-22)17-28-13-11-27(3)12-14-28;;/h4-10,15,18,23H,11-14,16-17,25H2,1-3H3,(H,26,29);2*1H. The van der Waals surface area contributed by atoms with Crippen molar-refractivity contribution in [3.8, 4) is 0 Å². The molecule has 0 bridgehead atoms. The summed E-state index contributed by atoms with van der Waals surface area (Å²) in [6.45, 7) is 9.97. The van der Waals surface area contributed by atoms with Crippen LogP contribution < -0.4 is 11.1 Å². The van der Waals surface area contributed by atoms with Crippen molar-refractivity contribution in [1.29, 1.82) is 0 Å². The second-order valence-electron chi connectivity index (χ2n) is 8.42. The summed E-state index contributed by atoms with van der Waals surface area (Å²) in [7, 11) is 2.16. The largest absolute Gasteiger partial charge is 0.350 e. The van der Waals surface area contributed by atoms with Crippen LogP contribution >= 0.6 is 24.8 Å². The minimum absolute atomic E-state index is 0. The Labute approximate surface area is 199 Å². The lowest BCUT2D eigenvalue weighted by Crippen LogP contribution is -2.43. The number of likely N-dealkylation sites (N-methyl/N-ethyl adjacent to an activating group) is 1. The molecule has 1 aliphatic heterocycles. The van der Waals surface area contributed by atoms with Crippen LogP contribution in [0.4, 0.5) is 0 Å². The van der Waals surface area contributed by atoms with E-state index in [1.165, 1.54) is 11.1 Å². The lowest BCUT2D eigenvalue weighted by molar-refractivity contribution is 0.0951. The fourth-order valence-electron chi connectivity index (χ4n) is 3.63. The molecule has 1 amide bonds. The van der Waals surface area contributed by atoms with Gasteiger partial charge in [-0.05, 0) is 41.8 Å². The Balaban J connectivity index is 0.00000240. The zero-order valence-electron chi connectivity index (χ0n) is 18.7. The van der Waals surface area contributed by atoms with E-state index in [2.05, 4.69) is 66.3 Å². The van der Waals surface area contributed by atoms with Gasteiger partial charge in [0.05, 0.1) is 0 Å². The van der Waals surface area contributed by atoms with Crippen LogP contribution in [0.5, 0.6) is 0 Å². The molecule has 3 rings (SSSR count). The highest BCUT2D eigenvalue weighted by atomic mass is 35.5. The van der Waals surface area contributed by atoms with Crippen molar-refractivity contribution < 1.29 is 4.79 Å². The number of nitrogens with two attached hydrogens (primary N) is 1. The molecule has 7 heteroatoms. The molecule has 0 aromatic heterocycles. The summed E-state index contributed by atoms with van der Waals surface area (Å²) >= 11 is 0. The minimum Gasteiger partial charge on any atom is -0.350 e. The average Bonchev–Trinajstić information content (AvgIpc) is 2.73. The van der Waals surface area contributed by atoms with E-state index in [4.69, 9.17) is 5.73 Å². The Morgan fingerprint density at radius 1 is 1.00 bits per heavy atom. The summed E-state index contributed by atoms with van der Waals surface area (Å²) in [5, 5.41) is 2.99. The monoisotopic (exact) mass is 466 g/mol. The number of carbonyl (C=O) groups excluding carboxylic acids is 1. The second kappa shape index (κ2) is 13.0. The summed E-state index contributed by atoms with van der Waals surface area (Å²) in [4.78, 5) is 17.4. The van der Waals surface area contributed by atoms with Crippen molar-refractivity contribution in [2.45, 2.75) is 32.4 Å². The predicted molar refractivity (Wildman–Crippen MR) is 134 cm³/mol. The molecule has 0 aliphatic carbocycles. The number of rotatable bonds is 7. The van der Waals surface area contributed by atoms with Crippen molar-refractivity contribution >= 4 is 30.7 Å². The topological polar surface area (TPSA) is 61.6 Å². The summed E-state index contributed by atoms with van der Waals surface area (Å²) in [6, 6.07) is 16.1. The molecule has 1 atom stereocenters. The van der Waals surface area contributed by atoms with Gasteiger partial charge in [-0.25, -0.2) is 0 Å². The van der Waals surface area contributed by atoms with Crippen LogP contribution in [0.15, 0.2) is 48.5 Å². The van der Waals surface area contributed by atoms with E-state index in [9.17, 15) is 4.79 Å². The van der Waals surface area contributed by atoms with E-state index in [1.54, 1.807) is 0 Å². The molecule has 1 aliphatic rings.